The Morgan fingerprint density at radius 1 is 1.15 bits per heavy atom. The molecule has 2 aromatic carbocycles. The number of aliphatic hydroxyl groups is 1. The van der Waals surface area contributed by atoms with Crippen LogP contribution in [0.4, 0.5) is 0 Å². The summed E-state index contributed by atoms with van der Waals surface area (Å²) in [7, 11) is 0. The maximum Gasteiger partial charge on any atom is 0.120 e. The van der Waals surface area contributed by atoms with Gasteiger partial charge in [-0.2, -0.15) is 0 Å². The number of benzene rings is 2. The molecule has 2 aromatic heterocycles. The van der Waals surface area contributed by atoms with E-state index in [-0.39, 0.29) is 14.2 Å². The predicted molar refractivity (Wildman–Crippen MR) is 113 cm³/mol. The van der Waals surface area contributed by atoms with Crippen LogP contribution >= 0.6 is 11.3 Å². The van der Waals surface area contributed by atoms with Crippen molar-refractivity contribution in [2.45, 2.75) is 39.6 Å². The first-order valence-electron chi connectivity index (χ1n) is 9.27. The molecule has 4 heterocycles. The van der Waals surface area contributed by atoms with Gasteiger partial charge in [0, 0.05) is 34.9 Å². The highest BCUT2D eigenvalue weighted by Crippen LogP contribution is 2.43. The Labute approximate surface area is 163 Å². The monoisotopic (exact) mass is 376 g/mol. The number of rotatable bonds is 1. The number of fused-ring (bicyclic) bond motifs is 7. The molecule has 4 aromatic rings. The van der Waals surface area contributed by atoms with Crippen LogP contribution in [0.25, 0.3) is 21.0 Å². The number of thiophene rings is 1. The van der Waals surface area contributed by atoms with Gasteiger partial charge in [-0.1, -0.05) is 25.6 Å². The van der Waals surface area contributed by atoms with E-state index in [2.05, 4.69) is 57.3 Å². The van der Waals surface area contributed by atoms with Crippen LogP contribution in [-0.2, 0) is 26.1 Å². The number of aromatic nitrogens is 1. The molecular weight excluding hydrogens is 352 g/mol. The zero-order valence-electron chi connectivity index (χ0n) is 14.5. The number of nitrogens with zero attached hydrogens (tertiary/aromatic N) is 2. The van der Waals surface area contributed by atoms with Crippen molar-refractivity contribution < 1.29 is 5.11 Å². The van der Waals surface area contributed by atoms with Gasteiger partial charge in [0.05, 0.1) is 5.52 Å². The second-order valence-electron chi connectivity index (χ2n) is 7.46. The number of hydrogen-bond donors (Lipinski definition) is 1. The van der Waals surface area contributed by atoms with Gasteiger partial charge in [0.15, 0.2) is 0 Å². The maximum absolute atomic E-state index is 9.97. The third kappa shape index (κ3) is 2.34. The van der Waals surface area contributed by atoms with Crippen molar-refractivity contribution in [3.63, 3.8) is 0 Å². The second kappa shape index (κ2) is 6.20. The van der Waals surface area contributed by atoms with Gasteiger partial charge in [-0.3, -0.25) is 4.90 Å². The summed E-state index contributed by atoms with van der Waals surface area (Å²) in [5.41, 5.74) is 6.92. The van der Waals surface area contributed by atoms with E-state index < -0.39 is 0 Å². The summed E-state index contributed by atoms with van der Waals surface area (Å²) in [4.78, 5) is 2.61. The molecule has 0 fully saturated rings. The summed E-state index contributed by atoms with van der Waals surface area (Å²) in [6.45, 7) is 2.08. The van der Waals surface area contributed by atoms with Crippen LogP contribution in [0.2, 0.25) is 0 Å². The molecule has 1 atom stereocenters. The van der Waals surface area contributed by atoms with E-state index in [0.29, 0.717) is 6.04 Å². The van der Waals surface area contributed by atoms with Gasteiger partial charge in [-0.25, -0.2) is 0 Å². The zero-order valence-corrected chi connectivity index (χ0v) is 15.3. The molecule has 4 heteroatoms. The Hall–Kier alpha value is -2.14. The van der Waals surface area contributed by atoms with Crippen LogP contribution in [-0.4, -0.2) is 21.1 Å². The van der Waals surface area contributed by atoms with Gasteiger partial charge in [-0.05, 0) is 64.6 Å². The summed E-state index contributed by atoms with van der Waals surface area (Å²) in [6, 6.07) is 16.1. The Bertz CT molecular complexity index is 1160. The fraction of sp³-hybridized carbons (Fsp3) is 0.304. The highest BCUT2D eigenvalue weighted by molar-refractivity contribution is 7.17. The van der Waals surface area contributed by atoms with Crippen LogP contribution < -0.4 is 0 Å². The fourth-order valence-corrected chi connectivity index (χ4v) is 5.85. The average molecular weight is 377 g/mol. The normalized spacial score (nSPS) is 18.8. The SMILES string of the molecule is C.OCn1c2c(c3ccccc31)CC1c3cc4sccc4cc3CCN1C2. The van der Waals surface area contributed by atoms with Crippen molar-refractivity contribution in [3.8, 4) is 0 Å². The molecule has 27 heavy (non-hydrogen) atoms. The first kappa shape index (κ1) is 17.0. The van der Waals surface area contributed by atoms with E-state index in [4.69, 9.17) is 0 Å². The van der Waals surface area contributed by atoms with E-state index in [1.165, 1.54) is 37.9 Å². The Morgan fingerprint density at radius 2 is 2.04 bits per heavy atom. The van der Waals surface area contributed by atoms with Gasteiger partial charge in [0.25, 0.3) is 0 Å². The number of aliphatic hydroxyl groups excluding tert-OH is 1. The van der Waals surface area contributed by atoms with Gasteiger partial charge >= 0.3 is 0 Å². The molecule has 6 rings (SSSR count). The molecule has 2 aliphatic heterocycles. The van der Waals surface area contributed by atoms with E-state index in [1.54, 1.807) is 0 Å². The minimum Gasteiger partial charge on any atom is -0.376 e. The molecule has 0 saturated carbocycles. The van der Waals surface area contributed by atoms with Crippen LogP contribution in [0.3, 0.4) is 0 Å². The minimum absolute atomic E-state index is 0. The van der Waals surface area contributed by atoms with E-state index in [1.807, 2.05) is 11.3 Å². The molecule has 1 unspecified atom stereocenters. The lowest BCUT2D eigenvalue weighted by Crippen LogP contribution is -2.39. The summed E-state index contributed by atoms with van der Waals surface area (Å²) in [6.07, 6.45) is 2.15. The largest absolute Gasteiger partial charge is 0.376 e. The Kier molecular flexibility index (Phi) is 3.90. The summed E-state index contributed by atoms with van der Waals surface area (Å²) < 4.78 is 3.49. The van der Waals surface area contributed by atoms with Crippen LogP contribution in [0, 0.1) is 0 Å². The standard InChI is InChI=1S/C22H20N2OS.CH4/c25-13-24-19-4-2-1-3-16(19)18-10-20-17-11-22-15(6-8-26-22)9-14(17)5-7-23(20)12-21(18)24;/h1-4,6,8-9,11,20,25H,5,7,10,12-13H2;1H4. The van der Waals surface area contributed by atoms with Crippen molar-refractivity contribution in [1.29, 1.82) is 0 Å². The molecule has 0 bridgehead atoms. The molecule has 0 amide bonds. The second-order valence-corrected chi connectivity index (χ2v) is 8.41. The summed E-state index contributed by atoms with van der Waals surface area (Å²) in [5.74, 6) is 0. The van der Waals surface area contributed by atoms with Crippen LogP contribution in [0.15, 0.2) is 47.8 Å². The van der Waals surface area contributed by atoms with Crippen molar-refractivity contribution in [1.82, 2.24) is 9.47 Å². The lowest BCUT2D eigenvalue weighted by atomic mass is 9.85. The summed E-state index contributed by atoms with van der Waals surface area (Å²) >= 11 is 1.84. The van der Waals surface area contributed by atoms with E-state index in [9.17, 15) is 5.11 Å². The Balaban J connectivity index is 0.00000160. The third-order valence-electron chi connectivity index (χ3n) is 6.27. The first-order valence-corrected chi connectivity index (χ1v) is 10.2. The molecule has 0 saturated heterocycles. The van der Waals surface area contributed by atoms with Crippen molar-refractivity contribution in [2.24, 2.45) is 0 Å². The van der Waals surface area contributed by atoms with E-state index >= 15 is 0 Å². The van der Waals surface area contributed by atoms with Gasteiger partial charge in [-0.15, -0.1) is 11.3 Å². The number of hydrogen-bond acceptors (Lipinski definition) is 3. The molecule has 138 valence electrons. The van der Waals surface area contributed by atoms with Gasteiger partial charge in [0.2, 0.25) is 0 Å². The van der Waals surface area contributed by atoms with E-state index in [0.717, 1.165) is 31.4 Å². The smallest absolute Gasteiger partial charge is 0.120 e. The highest BCUT2D eigenvalue weighted by Gasteiger charge is 2.35. The van der Waals surface area contributed by atoms with Gasteiger partial charge < -0.3 is 9.67 Å². The Morgan fingerprint density at radius 3 is 2.93 bits per heavy atom. The molecule has 0 radical (unpaired) electrons. The lowest BCUT2D eigenvalue weighted by molar-refractivity contribution is 0.146. The van der Waals surface area contributed by atoms with Crippen LogP contribution in [0.1, 0.15) is 35.9 Å². The molecule has 0 aliphatic carbocycles. The first-order chi connectivity index (χ1) is 12.8. The van der Waals surface area contributed by atoms with Crippen LogP contribution in [0.5, 0.6) is 0 Å². The molecule has 1 N–H and O–H groups in total. The molecular formula is C23H24N2OS. The lowest BCUT2D eigenvalue weighted by Gasteiger charge is -2.41. The third-order valence-corrected chi connectivity index (χ3v) is 7.15. The molecule has 2 aliphatic rings. The number of para-hydroxylation sites is 1. The average Bonchev–Trinajstić information content (AvgIpc) is 3.26. The van der Waals surface area contributed by atoms with Crippen molar-refractivity contribution in [3.05, 3.63) is 70.2 Å². The summed E-state index contributed by atoms with van der Waals surface area (Å²) in [5, 5.41) is 14.9. The quantitative estimate of drug-likeness (QED) is 0.501. The fourth-order valence-electron chi connectivity index (χ4n) is 5.03. The van der Waals surface area contributed by atoms with Gasteiger partial charge in [0.1, 0.15) is 6.73 Å². The van der Waals surface area contributed by atoms with Crippen molar-refractivity contribution in [2.75, 3.05) is 6.54 Å². The topological polar surface area (TPSA) is 28.4 Å². The minimum atomic E-state index is 0. The molecule has 3 nitrogen and oxygen atoms in total. The maximum atomic E-state index is 9.97. The zero-order chi connectivity index (χ0) is 17.3. The highest BCUT2D eigenvalue weighted by atomic mass is 32.1. The van der Waals surface area contributed by atoms with Crippen molar-refractivity contribution >= 4 is 32.3 Å². The predicted octanol–water partition coefficient (Wildman–Crippen LogP) is 5.10. The molecule has 0 spiro atoms.